The zero-order valence-corrected chi connectivity index (χ0v) is 12.3. The van der Waals surface area contributed by atoms with E-state index in [1.54, 1.807) is 0 Å². The topological polar surface area (TPSA) is 40.6 Å². The first-order valence-corrected chi connectivity index (χ1v) is 7.74. The molecule has 4 nitrogen and oxygen atoms in total. The molecule has 1 saturated carbocycles. The Labute approximate surface area is 116 Å². The predicted octanol–water partition coefficient (Wildman–Crippen LogP) is 2.04. The van der Waals surface area contributed by atoms with Crippen molar-refractivity contribution in [1.29, 1.82) is 0 Å². The van der Waals surface area contributed by atoms with Crippen LogP contribution in [0.15, 0.2) is 0 Å². The summed E-state index contributed by atoms with van der Waals surface area (Å²) in [5, 5.41) is 0. The van der Waals surface area contributed by atoms with Crippen LogP contribution in [0, 0.1) is 5.41 Å². The van der Waals surface area contributed by atoms with E-state index in [2.05, 4.69) is 0 Å². The van der Waals surface area contributed by atoms with Crippen LogP contribution in [0.1, 0.15) is 52.4 Å². The molecular weight excluding hydrogens is 240 g/mol. The fourth-order valence-electron chi connectivity index (χ4n) is 3.03. The Hall–Kier alpha value is -1.06. The Morgan fingerprint density at radius 3 is 1.95 bits per heavy atom. The lowest BCUT2D eigenvalue weighted by atomic mass is 10.0. The minimum atomic E-state index is -0.684. The van der Waals surface area contributed by atoms with E-state index in [9.17, 15) is 9.59 Å². The monoisotopic (exact) mass is 266 g/mol. The molecule has 4 heteroatoms. The van der Waals surface area contributed by atoms with Crippen LogP contribution < -0.4 is 0 Å². The van der Waals surface area contributed by atoms with Crippen LogP contribution >= 0.6 is 0 Å². The summed E-state index contributed by atoms with van der Waals surface area (Å²) in [6.45, 7) is 7.04. The summed E-state index contributed by atoms with van der Waals surface area (Å²) < 4.78 is 0. The summed E-state index contributed by atoms with van der Waals surface area (Å²) in [7, 11) is 0. The summed E-state index contributed by atoms with van der Waals surface area (Å²) in [5.74, 6) is 0.165. The second kappa shape index (κ2) is 5.93. The van der Waals surface area contributed by atoms with Crippen molar-refractivity contribution in [2.45, 2.75) is 52.4 Å². The summed E-state index contributed by atoms with van der Waals surface area (Å²) in [6, 6.07) is 0. The van der Waals surface area contributed by atoms with Gasteiger partial charge < -0.3 is 9.80 Å². The van der Waals surface area contributed by atoms with Gasteiger partial charge in [0.1, 0.15) is 5.41 Å². The number of carbonyl (C=O) groups is 2. The van der Waals surface area contributed by atoms with Crippen molar-refractivity contribution in [2.24, 2.45) is 5.41 Å². The Balaban J connectivity index is 2.06. The van der Waals surface area contributed by atoms with Crippen LogP contribution in [0.5, 0.6) is 0 Å². The van der Waals surface area contributed by atoms with Crippen molar-refractivity contribution in [3.05, 3.63) is 0 Å². The highest BCUT2D eigenvalue weighted by Crippen LogP contribution is 2.49. The molecule has 0 N–H and O–H groups in total. The van der Waals surface area contributed by atoms with Gasteiger partial charge >= 0.3 is 0 Å². The van der Waals surface area contributed by atoms with E-state index in [1.165, 1.54) is 12.8 Å². The highest BCUT2D eigenvalue weighted by atomic mass is 16.2. The van der Waals surface area contributed by atoms with Gasteiger partial charge in [-0.1, -0.05) is 12.8 Å². The first-order chi connectivity index (χ1) is 9.15. The lowest BCUT2D eigenvalue weighted by Gasteiger charge is -2.29. The van der Waals surface area contributed by atoms with Gasteiger partial charge in [-0.2, -0.15) is 0 Å². The number of carbonyl (C=O) groups excluding carboxylic acids is 2. The lowest BCUT2D eigenvalue weighted by Crippen LogP contribution is -2.47. The fraction of sp³-hybridized carbons (Fsp3) is 0.867. The standard InChI is InChI=1S/C15H26N2O2/c1-3-16(4-2)13(18)15(9-10-15)14(19)17-11-7-5-6-8-12-17/h3-12H2,1-2H3. The minimum Gasteiger partial charge on any atom is -0.342 e. The molecule has 0 atom stereocenters. The van der Waals surface area contributed by atoms with Gasteiger partial charge in [0.15, 0.2) is 0 Å². The van der Waals surface area contributed by atoms with Crippen LogP contribution in [-0.4, -0.2) is 47.8 Å². The van der Waals surface area contributed by atoms with Gasteiger partial charge in [0, 0.05) is 26.2 Å². The molecule has 0 bridgehead atoms. The molecule has 1 heterocycles. The summed E-state index contributed by atoms with van der Waals surface area (Å²) in [5.41, 5.74) is -0.684. The largest absolute Gasteiger partial charge is 0.342 e. The molecule has 2 fully saturated rings. The smallest absolute Gasteiger partial charge is 0.238 e. The van der Waals surface area contributed by atoms with Crippen molar-refractivity contribution in [3.8, 4) is 0 Å². The second-order valence-corrected chi connectivity index (χ2v) is 5.77. The van der Waals surface area contributed by atoms with Gasteiger partial charge in [-0.05, 0) is 39.5 Å². The number of amides is 2. The highest BCUT2D eigenvalue weighted by Gasteiger charge is 2.58. The van der Waals surface area contributed by atoms with Crippen LogP contribution in [0.2, 0.25) is 0 Å². The molecule has 2 amide bonds. The zero-order chi connectivity index (χ0) is 13.9. The third-order valence-electron chi connectivity index (χ3n) is 4.51. The molecule has 2 rings (SSSR count). The number of rotatable bonds is 4. The predicted molar refractivity (Wildman–Crippen MR) is 74.6 cm³/mol. The van der Waals surface area contributed by atoms with E-state index in [-0.39, 0.29) is 11.8 Å². The van der Waals surface area contributed by atoms with Gasteiger partial charge in [0.2, 0.25) is 11.8 Å². The van der Waals surface area contributed by atoms with Crippen molar-refractivity contribution in [2.75, 3.05) is 26.2 Å². The first kappa shape index (κ1) is 14.4. The number of nitrogens with zero attached hydrogens (tertiary/aromatic N) is 2. The van der Waals surface area contributed by atoms with E-state index in [1.807, 2.05) is 23.6 Å². The van der Waals surface area contributed by atoms with Gasteiger partial charge in [-0.3, -0.25) is 9.59 Å². The summed E-state index contributed by atoms with van der Waals surface area (Å²) in [6.07, 6.45) is 6.08. The normalized spacial score (nSPS) is 21.7. The van der Waals surface area contributed by atoms with Crippen LogP contribution in [0.3, 0.4) is 0 Å². The highest BCUT2D eigenvalue weighted by molar-refractivity contribution is 6.07. The Morgan fingerprint density at radius 1 is 1.00 bits per heavy atom. The van der Waals surface area contributed by atoms with Gasteiger partial charge in [0.25, 0.3) is 0 Å². The Kier molecular flexibility index (Phi) is 4.48. The maximum Gasteiger partial charge on any atom is 0.238 e. The third kappa shape index (κ3) is 2.77. The molecule has 1 aliphatic heterocycles. The third-order valence-corrected chi connectivity index (χ3v) is 4.51. The molecule has 0 spiro atoms. The van der Waals surface area contributed by atoms with E-state index < -0.39 is 5.41 Å². The van der Waals surface area contributed by atoms with E-state index in [4.69, 9.17) is 0 Å². The minimum absolute atomic E-state index is 0.0618. The molecule has 0 aromatic carbocycles. The van der Waals surface area contributed by atoms with Crippen LogP contribution in [-0.2, 0) is 9.59 Å². The quantitative estimate of drug-likeness (QED) is 0.731. The van der Waals surface area contributed by atoms with Crippen LogP contribution in [0.25, 0.3) is 0 Å². The molecule has 0 radical (unpaired) electrons. The molecule has 108 valence electrons. The molecule has 1 saturated heterocycles. The molecule has 19 heavy (non-hydrogen) atoms. The maximum absolute atomic E-state index is 12.7. The van der Waals surface area contributed by atoms with E-state index in [0.29, 0.717) is 13.1 Å². The number of hydrogen-bond acceptors (Lipinski definition) is 2. The van der Waals surface area contributed by atoms with Crippen molar-refractivity contribution in [3.63, 3.8) is 0 Å². The molecule has 0 unspecified atom stereocenters. The van der Waals surface area contributed by atoms with Gasteiger partial charge in [-0.25, -0.2) is 0 Å². The SMILES string of the molecule is CCN(CC)C(=O)C1(C(=O)N2CCCCCC2)CC1. The second-order valence-electron chi connectivity index (χ2n) is 5.77. The number of hydrogen-bond donors (Lipinski definition) is 0. The molecule has 0 aromatic rings. The van der Waals surface area contributed by atoms with Crippen molar-refractivity contribution in [1.82, 2.24) is 9.80 Å². The molecule has 0 aromatic heterocycles. The Morgan fingerprint density at radius 2 is 1.53 bits per heavy atom. The maximum atomic E-state index is 12.7. The first-order valence-electron chi connectivity index (χ1n) is 7.74. The molecular formula is C15H26N2O2. The van der Waals surface area contributed by atoms with E-state index >= 15 is 0 Å². The van der Waals surface area contributed by atoms with Gasteiger partial charge in [0.05, 0.1) is 0 Å². The van der Waals surface area contributed by atoms with Crippen LogP contribution in [0.4, 0.5) is 0 Å². The Bertz CT molecular complexity index is 338. The zero-order valence-electron chi connectivity index (χ0n) is 12.3. The molecule has 2 aliphatic rings. The average molecular weight is 266 g/mol. The average Bonchev–Trinajstić information content (AvgIpc) is 3.24. The van der Waals surface area contributed by atoms with Crippen molar-refractivity contribution >= 4 is 11.8 Å². The fourth-order valence-corrected chi connectivity index (χ4v) is 3.03. The summed E-state index contributed by atoms with van der Waals surface area (Å²) in [4.78, 5) is 29.0. The molecule has 1 aliphatic carbocycles. The summed E-state index contributed by atoms with van der Waals surface area (Å²) >= 11 is 0. The van der Waals surface area contributed by atoms with E-state index in [0.717, 1.165) is 38.8 Å². The lowest BCUT2D eigenvalue weighted by molar-refractivity contribution is -0.149. The number of likely N-dealkylation sites (tertiary alicyclic amines) is 1. The van der Waals surface area contributed by atoms with Gasteiger partial charge in [-0.15, -0.1) is 0 Å². The van der Waals surface area contributed by atoms with Crippen molar-refractivity contribution < 1.29 is 9.59 Å².